The molecule has 0 spiro atoms. The Balaban J connectivity index is 2.75. The number of rotatable bonds is 9. The fraction of sp³-hybridized carbons (Fsp3) is 0.692. The number of methoxy groups -OCH3 is 2. The monoisotopic (exact) mass is 284 g/mol. The molecule has 114 valence electrons. The Labute approximate surface area is 119 Å². The average molecular weight is 284 g/mol. The summed E-state index contributed by atoms with van der Waals surface area (Å²) in [5, 5.41) is 7.30. The summed E-state index contributed by atoms with van der Waals surface area (Å²) in [5.74, 6) is 0. The molecule has 0 fully saturated rings. The van der Waals surface area contributed by atoms with Crippen LogP contribution in [-0.4, -0.2) is 63.9 Å². The van der Waals surface area contributed by atoms with E-state index in [1.807, 2.05) is 19.0 Å². The number of hydrogen-bond donors (Lipinski definition) is 1. The number of nitrogens with one attached hydrogen (secondary N) is 1. The smallest absolute Gasteiger partial charge is 0.268 e. The van der Waals surface area contributed by atoms with Crippen molar-refractivity contribution in [3.8, 4) is 0 Å². The Kier molecular flexibility index (Phi) is 7.21. The Morgan fingerprint density at radius 2 is 2.20 bits per heavy atom. The fourth-order valence-corrected chi connectivity index (χ4v) is 1.76. The van der Waals surface area contributed by atoms with E-state index in [4.69, 9.17) is 9.47 Å². The van der Waals surface area contributed by atoms with E-state index in [2.05, 4.69) is 10.4 Å². The highest BCUT2D eigenvalue weighted by molar-refractivity contribution is 5.41. The second-order valence-electron chi connectivity index (χ2n) is 4.59. The Bertz CT molecular complexity index is 449. The van der Waals surface area contributed by atoms with Gasteiger partial charge in [-0.3, -0.25) is 4.79 Å². The summed E-state index contributed by atoms with van der Waals surface area (Å²) in [6.07, 6.45) is 1.69. The molecule has 1 atom stereocenters. The predicted molar refractivity (Wildman–Crippen MR) is 78.4 cm³/mol. The maximum atomic E-state index is 12.0. The maximum absolute atomic E-state index is 12.0. The highest BCUT2D eigenvalue weighted by Crippen LogP contribution is 2.06. The summed E-state index contributed by atoms with van der Waals surface area (Å²) >= 11 is 0. The van der Waals surface area contributed by atoms with Crippen molar-refractivity contribution in [2.45, 2.75) is 12.6 Å². The number of ether oxygens (including phenoxy) is 2. The molecule has 1 unspecified atom stereocenters. The van der Waals surface area contributed by atoms with Crippen molar-refractivity contribution in [1.29, 1.82) is 0 Å². The van der Waals surface area contributed by atoms with E-state index in [0.717, 1.165) is 5.69 Å². The Hall–Kier alpha value is -1.44. The van der Waals surface area contributed by atoms with E-state index in [-0.39, 0.29) is 11.6 Å². The van der Waals surface area contributed by atoms with Gasteiger partial charge in [-0.1, -0.05) is 0 Å². The van der Waals surface area contributed by atoms with Crippen LogP contribution in [0.2, 0.25) is 0 Å². The second kappa shape index (κ2) is 8.68. The van der Waals surface area contributed by atoms with Gasteiger partial charge in [0.2, 0.25) is 0 Å². The third-order valence-electron chi connectivity index (χ3n) is 3.10. The van der Waals surface area contributed by atoms with Crippen LogP contribution in [0.5, 0.6) is 0 Å². The van der Waals surface area contributed by atoms with Gasteiger partial charge >= 0.3 is 0 Å². The lowest BCUT2D eigenvalue weighted by atomic mass is 10.3. The van der Waals surface area contributed by atoms with Crippen LogP contribution in [0.3, 0.4) is 0 Å². The molecular weight excluding hydrogens is 260 g/mol. The summed E-state index contributed by atoms with van der Waals surface area (Å²) in [5.41, 5.74) is 0.666. The van der Waals surface area contributed by atoms with Crippen LogP contribution in [0.4, 0.5) is 5.69 Å². The molecule has 0 amide bonds. The van der Waals surface area contributed by atoms with Crippen LogP contribution in [0.15, 0.2) is 17.1 Å². The highest BCUT2D eigenvalue weighted by atomic mass is 16.5. The third kappa shape index (κ3) is 4.92. The van der Waals surface area contributed by atoms with E-state index in [1.165, 1.54) is 4.68 Å². The van der Waals surface area contributed by atoms with E-state index >= 15 is 0 Å². The van der Waals surface area contributed by atoms with Gasteiger partial charge in [0.15, 0.2) is 0 Å². The molecule has 1 N–H and O–H groups in total. The zero-order chi connectivity index (χ0) is 15.0. The summed E-state index contributed by atoms with van der Waals surface area (Å²) in [7, 11) is 7.02. The minimum Gasteiger partial charge on any atom is -0.383 e. The molecule has 0 aliphatic rings. The zero-order valence-corrected chi connectivity index (χ0v) is 12.6. The van der Waals surface area contributed by atoms with Gasteiger partial charge < -0.3 is 19.7 Å². The number of anilines is 1. The van der Waals surface area contributed by atoms with Crippen LogP contribution in [0.25, 0.3) is 0 Å². The molecule has 7 heteroatoms. The van der Waals surface area contributed by atoms with Crippen molar-refractivity contribution >= 4 is 5.69 Å². The minimum absolute atomic E-state index is 0.0577. The Morgan fingerprint density at radius 3 is 2.75 bits per heavy atom. The first-order chi connectivity index (χ1) is 9.62. The average Bonchev–Trinajstić information content (AvgIpc) is 2.45. The maximum Gasteiger partial charge on any atom is 0.268 e. The summed E-state index contributed by atoms with van der Waals surface area (Å²) in [6.45, 7) is 2.32. The third-order valence-corrected chi connectivity index (χ3v) is 3.10. The molecule has 7 nitrogen and oxygen atoms in total. The van der Waals surface area contributed by atoms with Gasteiger partial charge in [0.05, 0.1) is 31.6 Å². The van der Waals surface area contributed by atoms with Crippen LogP contribution in [0.1, 0.15) is 0 Å². The Morgan fingerprint density at radius 1 is 1.45 bits per heavy atom. The highest BCUT2D eigenvalue weighted by Gasteiger charge is 2.10. The molecule has 1 rings (SSSR count). The molecule has 0 aliphatic heterocycles. The molecule has 1 aromatic rings. The van der Waals surface area contributed by atoms with Gasteiger partial charge in [0.25, 0.3) is 5.56 Å². The van der Waals surface area contributed by atoms with Gasteiger partial charge in [0, 0.05) is 39.9 Å². The van der Waals surface area contributed by atoms with Gasteiger partial charge in [-0.05, 0) is 7.05 Å². The van der Waals surface area contributed by atoms with Gasteiger partial charge in [-0.15, -0.1) is 0 Å². The largest absolute Gasteiger partial charge is 0.383 e. The molecule has 0 saturated carbocycles. The minimum atomic E-state index is -0.122. The lowest BCUT2D eigenvalue weighted by Gasteiger charge is -2.19. The van der Waals surface area contributed by atoms with Crippen molar-refractivity contribution in [2.24, 2.45) is 0 Å². The molecular formula is C13H24N4O3. The topological polar surface area (TPSA) is 68.6 Å². The molecule has 20 heavy (non-hydrogen) atoms. The first kappa shape index (κ1) is 16.6. The molecule has 0 aliphatic carbocycles. The van der Waals surface area contributed by atoms with Gasteiger partial charge in [-0.25, -0.2) is 4.68 Å². The molecule has 0 bridgehead atoms. The fourth-order valence-electron chi connectivity index (χ4n) is 1.76. The summed E-state index contributed by atoms with van der Waals surface area (Å²) in [4.78, 5) is 14.0. The number of hydrogen-bond acceptors (Lipinski definition) is 6. The van der Waals surface area contributed by atoms with E-state index in [9.17, 15) is 4.79 Å². The lowest BCUT2D eigenvalue weighted by Crippen LogP contribution is -2.38. The number of aromatic nitrogens is 2. The van der Waals surface area contributed by atoms with Crippen molar-refractivity contribution in [1.82, 2.24) is 15.1 Å². The van der Waals surface area contributed by atoms with Crippen molar-refractivity contribution in [2.75, 3.05) is 53.0 Å². The first-order valence-corrected chi connectivity index (χ1v) is 6.55. The van der Waals surface area contributed by atoms with Crippen LogP contribution in [0, 0.1) is 0 Å². The van der Waals surface area contributed by atoms with E-state index < -0.39 is 0 Å². The van der Waals surface area contributed by atoms with Crippen LogP contribution >= 0.6 is 0 Å². The van der Waals surface area contributed by atoms with Crippen LogP contribution < -0.4 is 15.8 Å². The first-order valence-electron chi connectivity index (χ1n) is 6.55. The van der Waals surface area contributed by atoms with Crippen molar-refractivity contribution in [3.05, 3.63) is 22.6 Å². The van der Waals surface area contributed by atoms with Crippen molar-refractivity contribution in [3.63, 3.8) is 0 Å². The molecule has 0 aromatic carbocycles. The van der Waals surface area contributed by atoms with Crippen molar-refractivity contribution < 1.29 is 9.47 Å². The number of likely N-dealkylation sites (N-methyl/N-ethyl adjacent to an activating group) is 2. The van der Waals surface area contributed by atoms with E-state index in [0.29, 0.717) is 26.3 Å². The van der Waals surface area contributed by atoms with E-state index in [1.54, 1.807) is 26.5 Å². The predicted octanol–water partition coefficient (Wildman–Crippen LogP) is -0.440. The zero-order valence-electron chi connectivity index (χ0n) is 12.6. The van der Waals surface area contributed by atoms with Gasteiger partial charge in [-0.2, -0.15) is 5.10 Å². The standard InChI is InChI=1S/C13H24N4O3/c1-14-11(10-20-4)9-17-13(18)7-12(8-15-17)16(2)5-6-19-3/h7-8,11,14H,5-6,9-10H2,1-4H3. The summed E-state index contributed by atoms with van der Waals surface area (Å²) in [6, 6.07) is 1.64. The molecule has 1 heterocycles. The number of nitrogens with zero attached hydrogens (tertiary/aromatic N) is 3. The molecule has 0 saturated heterocycles. The SMILES string of the molecule is CNC(COC)Cn1ncc(N(C)CCOC)cc1=O. The summed E-state index contributed by atoms with van der Waals surface area (Å²) < 4.78 is 11.5. The lowest BCUT2D eigenvalue weighted by molar-refractivity contribution is 0.159. The molecule has 1 aromatic heterocycles. The normalized spacial score (nSPS) is 12.4. The molecule has 0 radical (unpaired) electrons. The van der Waals surface area contributed by atoms with Crippen LogP contribution in [-0.2, 0) is 16.0 Å². The quantitative estimate of drug-likeness (QED) is 0.663. The second-order valence-corrected chi connectivity index (χ2v) is 4.59. The van der Waals surface area contributed by atoms with Gasteiger partial charge in [0.1, 0.15) is 0 Å².